The predicted molar refractivity (Wildman–Crippen MR) is 113 cm³/mol. The lowest BCUT2D eigenvalue weighted by Gasteiger charge is -2.30. The van der Waals surface area contributed by atoms with Crippen LogP contribution in [-0.4, -0.2) is 35.6 Å². The first kappa shape index (κ1) is 22.2. The summed E-state index contributed by atoms with van der Waals surface area (Å²) in [7, 11) is 1.56. The molecule has 2 rings (SSSR count). The van der Waals surface area contributed by atoms with Gasteiger partial charge >= 0.3 is 0 Å². The second-order valence-electron chi connectivity index (χ2n) is 6.31. The van der Waals surface area contributed by atoms with Crippen LogP contribution in [0.4, 0.5) is 4.39 Å². The van der Waals surface area contributed by atoms with Crippen molar-refractivity contribution in [1.29, 1.82) is 0 Å². The summed E-state index contributed by atoms with van der Waals surface area (Å²) in [6.07, 6.45) is 0.495. The van der Waals surface area contributed by atoms with E-state index in [9.17, 15) is 14.0 Å². The van der Waals surface area contributed by atoms with E-state index >= 15 is 0 Å². The van der Waals surface area contributed by atoms with Crippen LogP contribution in [0.1, 0.15) is 24.5 Å². The average molecular weight is 423 g/mol. The van der Waals surface area contributed by atoms with E-state index in [2.05, 4.69) is 5.32 Å². The molecule has 0 aliphatic rings. The van der Waals surface area contributed by atoms with Crippen molar-refractivity contribution in [2.24, 2.45) is 0 Å². The highest BCUT2D eigenvalue weighted by atomic mass is 35.5. The first-order valence-electron chi connectivity index (χ1n) is 9.02. The number of rotatable bonds is 9. The van der Waals surface area contributed by atoms with Crippen LogP contribution in [0.2, 0.25) is 5.02 Å². The summed E-state index contributed by atoms with van der Waals surface area (Å²) in [5.74, 6) is 0.249. The summed E-state index contributed by atoms with van der Waals surface area (Å²) in [5.41, 5.74) is 1.85. The van der Waals surface area contributed by atoms with Crippen molar-refractivity contribution in [3.8, 4) is 0 Å². The molecule has 0 saturated heterocycles. The fraction of sp³-hybridized carbons (Fsp3) is 0.333. The molecule has 0 saturated carbocycles. The quantitative estimate of drug-likeness (QED) is 0.656. The maximum atomic E-state index is 13.2. The molecule has 0 bridgehead atoms. The van der Waals surface area contributed by atoms with Crippen LogP contribution >= 0.6 is 23.4 Å². The summed E-state index contributed by atoms with van der Waals surface area (Å²) < 4.78 is 13.2. The number of halogens is 2. The number of carbonyl (C=O) groups excluding carboxylic acids is 2. The molecule has 28 heavy (non-hydrogen) atoms. The van der Waals surface area contributed by atoms with Crippen molar-refractivity contribution in [2.45, 2.75) is 31.7 Å². The van der Waals surface area contributed by atoms with Gasteiger partial charge in [0.2, 0.25) is 11.8 Å². The van der Waals surface area contributed by atoms with E-state index in [1.54, 1.807) is 24.1 Å². The number of hydrogen-bond acceptors (Lipinski definition) is 3. The summed E-state index contributed by atoms with van der Waals surface area (Å²) in [6, 6.07) is 12.9. The van der Waals surface area contributed by atoms with Crippen molar-refractivity contribution in [2.75, 3.05) is 12.8 Å². The molecule has 0 aliphatic heterocycles. The van der Waals surface area contributed by atoms with Gasteiger partial charge in [0.15, 0.2) is 0 Å². The summed E-state index contributed by atoms with van der Waals surface area (Å²) >= 11 is 7.37. The van der Waals surface area contributed by atoms with Gasteiger partial charge in [-0.25, -0.2) is 4.39 Å². The zero-order valence-corrected chi connectivity index (χ0v) is 17.5. The minimum Gasteiger partial charge on any atom is -0.357 e. The maximum Gasteiger partial charge on any atom is 0.242 e. The zero-order chi connectivity index (χ0) is 20.5. The van der Waals surface area contributed by atoms with Gasteiger partial charge in [0.05, 0.1) is 5.75 Å². The van der Waals surface area contributed by atoms with E-state index in [1.807, 2.05) is 31.2 Å². The van der Waals surface area contributed by atoms with Crippen LogP contribution in [0.3, 0.4) is 0 Å². The number of amides is 2. The van der Waals surface area contributed by atoms with E-state index < -0.39 is 6.04 Å². The number of carbonyl (C=O) groups is 2. The van der Waals surface area contributed by atoms with Gasteiger partial charge in [0.25, 0.3) is 0 Å². The van der Waals surface area contributed by atoms with E-state index in [0.29, 0.717) is 17.2 Å². The Morgan fingerprint density at radius 3 is 2.29 bits per heavy atom. The molecule has 7 heteroatoms. The standard InChI is InChI=1S/C21H24ClFN2O2S/c1-3-19(21(27)24-2)25(12-15-6-10-18(23)11-7-15)20(26)14-28-13-16-4-8-17(22)9-5-16/h4-11,19H,3,12-14H2,1-2H3,(H,24,27)/t19-/m0/s1. The summed E-state index contributed by atoms with van der Waals surface area (Å²) in [5, 5.41) is 3.29. The van der Waals surface area contributed by atoms with Gasteiger partial charge in [0.1, 0.15) is 11.9 Å². The Morgan fingerprint density at radius 1 is 1.11 bits per heavy atom. The molecule has 0 heterocycles. The first-order valence-corrected chi connectivity index (χ1v) is 10.6. The fourth-order valence-electron chi connectivity index (χ4n) is 2.79. The molecule has 0 spiro atoms. The van der Waals surface area contributed by atoms with Gasteiger partial charge in [-0.3, -0.25) is 9.59 Å². The van der Waals surface area contributed by atoms with Crippen LogP contribution < -0.4 is 5.32 Å². The molecule has 2 aromatic rings. The molecule has 1 atom stereocenters. The fourth-order valence-corrected chi connectivity index (χ4v) is 3.79. The van der Waals surface area contributed by atoms with E-state index in [-0.39, 0.29) is 29.9 Å². The van der Waals surface area contributed by atoms with Gasteiger partial charge in [-0.05, 0) is 41.8 Å². The van der Waals surface area contributed by atoms with Crippen LogP contribution in [0.15, 0.2) is 48.5 Å². The molecular weight excluding hydrogens is 399 g/mol. The highest BCUT2D eigenvalue weighted by molar-refractivity contribution is 7.99. The molecule has 2 amide bonds. The highest BCUT2D eigenvalue weighted by Crippen LogP contribution is 2.18. The van der Waals surface area contributed by atoms with Crippen molar-refractivity contribution < 1.29 is 14.0 Å². The van der Waals surface area contributed by atoms with Crippen molar-refractivity contribution in [3.63, 3.8) is 0 Å². The highest BCUT2D eigenvalue weighted by Gasteiger charge is 2.27. The van der Waals surface area contributed by atoms with Crippen LogP contribution in [0, 0.1) is 5.82 Å². The molecule has 0 radical (unpaired) electrons. The number of benzene rings is 2. The van der Waals surface area contributed by atoms with Crippen LogP contribution in [-0.2, 0) is 21.9 Å². The van der Waals surface area contributed by atoms with Crippen molar-refractivity contribution in [1.82, 2.24) is 10.2 Å². The topological polar surface area (TPSA) is 49.4 Å². The van der Waals surface area contributed by atoms with E-state index in [4.69, 9.17) is 11.6 Å². The second kappa shape index (κ2) is 11.1. The van der Waals surface area contributed by atoms with Crippen LogP contribution in [0.25, 0.3) is 0 Å². The lowest BCUT2D eigenvalue weighted by molar-refractivity contribution is -0.139. The van der Waals surface area contributed by atoms with Gasteiger partial charge in [-0.1, -0.05) is 42.8 Å². The third kappa shape index (κ3) is 6.53. The molecule has 0 fully saturated rings. The number of likely N-dealkylation sites (N-methyl/N-ethyl adjacent to an activating group) is 1. The number of nitrogens with zero attached hydrogens (tertiary/aromatic N) is 1. The SMILES string of the molecule is CC[C@@H](C(=O)NC)N(Cc1ccc(F)cc1)C(=O)CSCc1ccc(Cl)cc1. The van der Waals surface area contributed by atoms with E-state index in [0.717, 1.165) is 11.1 Å². The minimum atomic E-state index is -0.571. The Balaban J connectivity index is 2.07. The van der Waals surface area contributed by atoms with Crippen LogP contribution in [0.5, 0.6) is 0 Å². The lowest BCUT2D eigenvalue weighted by atomic mass is 10.1. The summed E-state index contributed by atoms with van der Waals surface area (Å²) in [4.78, 5) is 26.8. The monoisotopic (exact) mass is 422 g/mol. The van der Waals surface area contributed by atoms with Crippen molar-refractivity contribution in [3.05, 3.63) is 70.5 Å². The van der Waals surface area contributed by atoms with E-state index in [1.165, 1.54) is 23.9 Å². The zero-order valence-electron chi connectivity index (χ0n) is 16.0. The molecule has 0 aromatic heterocycles. The first-order chi connectivity index (χ1) is 13.4. The van der Waals surface area contributed by atoms with Gasteiger partial charge in [0, 0.05) is 24.4 Å². The Bertz CT molecular complexity index is 784. The van der Waals surface area contributed by atoms with Gasteiger partial charge < -0.3 is 10.2 Å². The third-order valence-corrected chi connectivity index (χ3v) is 5.55. The molecule has 4 nitrogen and oxygen atoms in total. The largest absolute Gasteiger partial charge is 0.357 e. The lowest BCUT2D eigenvalue weighted by Crippen LogP contribution is -2.48. The Hall–Kier alpha value is -2.05. The number of hydrogen-bond donors (Lipinski definition) is 1. The molecule has 0 unspecified atom stereocenters. The molecule has 0 aliphatic carbocycles. The second-order valence-corrected chi connectivity index (χ2v) is 7.73. The molecule has 2 aromatic carbocycles. The molecule has 1 N–H and O–H groups in total. The Labute approximate surface area is 174 Å². The number of nitrogens with one attached hydrogen (secondary N) is 1. The predicted octanol–water partition coefficient (Wildman–Crippen LogP) is 4.27. The maximum absolute atomic E-state index is 13.2. The average Bonchev–Trinajstić information content (AvgIpc) is 2.70. The van der Waals surface area contributed by atoms with Gasteiger partial charge in [-0.15, -0.1) is 11.8 Å². The molecule has 150 valence electrons. The Morgan fingerprint density at radius 2 is 1.71 bits per heavy atom. The van der Waals surface area contributed by atoms with Crippen molar-refractivity contribution >= 4 is 35.2 Å². The normalized spacial score (nSPS) is 11.7. The van der Waals surface area contributed by atoms with Gasteiger partial charge in [-0.2, -0.15) is 0 Å². The minimum absolute atomic E-state index is 0.126. The number of thioether (sulfide) groups is 1. The third-order valence-electron chi connectivity index (χ3n) is 4.31. The summed E-state index contributed by atoms with van der Waals surface area (Å²) in [6.45, 7) is 2.12. The molecular formula is C21H24ClFN2O2S. The smallest absolute Gasteiger partial charge is 0.242 e. The Kier molecular flexibility index (Phi) is 8.80.